The zero-order valence-electron chi connectivity index (χ0n) is 16.9. The van der Waals surface area contributed by atoms with Gasteiger partial charge < -0.3 is 14.5 Å². The van der Waals surface area contributed by atoms with E-state index in [4.69, 9.17) is 9.47 Å². The van der Waals surface area contributed by atoms with E-state index in [-0.39, 0.29) is 28.3 Å². The van der Waals surface area contributed by atoms with E-state index in [0.29, 0.717) is 28.9 Å². The highest BCUT2D eigenvalue weighted by Crippen LogP contribution is 2.32. The summed E-state index contributed by atoms with van der Waals surface area (Å²) in [7, 11) is 0. The van der Waals surface area contributed by atoms with E-state index in [9.17, 15) is 19.7 Å². The molecule has 0 aliphatic carbocycles. The van der Waals surface area contributed by atoms with E-state index >= 15 is 0 Å². The van der Waals surface area contributed by atoms with Gasteiger partial charge in [0.25, 0.3) is 11.2 Å². The van der Waals surface area contributed by atoms with Crippen molar-refractivity contribution in [3.63, 3.8) is 0 Å². The number of hydrogen-bond acceptors (Lipinski definition) is 7. The first-order valence-electron chi connectivity index (χ1n) is 9.69. The number of nitrogens with zero attached hydrogens (tertiary/aromatic N) is 2. The van der Waals surface area contributed by atoms with Crippen LogP contribution in [0.25, 0.3) is 22.3 Å². The number of benzene rings is 3. The molecule has 4 aromatic rings. The number of nitro groups is 1. The molecule has 32 heavy (non-hydrogen) atoms. The number of aromatic nitrogens is 2. The van der Waals surface area contributed by atoms with Gasteiger partial charge in [-0.25, -0.2) is 9.78 Å². The van der Waals surface area contributed by atoms with Crippen LogP contribution in [0, 0.1) is 10.1 Å². The van der Waals surface area contributed by atoms with Crippen molar-refractivity contribution >= 4 is 22.6 Å². The minimum Gasteiger partial charge on any atom is -0.490 e. The molecule has 9 nitrogen and oxygen atoms in total. The van der Waals surface area contributed by atoms with Crippen LogP contribution in [0.2, 0.25) is 0 Å². The number of fused-ring (bicyclic) bond motifs is 1. The van der Waals surface area contributed by atoms with Crippen molar-refractivity contribution in [2.24, 2.45) is 0 Å². The lowest BCUT2D eigenvalue weighted by atomic mass is 10.1. The maximum Gasteiger partial charge on any atom is 0.343 e. The van der Waals surface area contributed by atoms with Crippen LogP contribution in [0.5, 0.6) is 11.5 Å². The molecule has 0 unspecified atom stereocenters. The van der Waals surface area contributed by atoms with Gasteiger partial charge in [-0.05, 0) is 43.3 Å². The Labute approximate surface area is 181 Å². The van der Waals surface area contributed by atoms with Crippen molar-refractivity contribution in [2.75, 3.05) is 6.61 Å². The number of ether oxygens (including phenoxy) is 2. The summed E-state index contributed by atoms with van der Waals surface area (Å²) in [6.45, 7) is 2.07. The molecule has 160 valence electrons. The fourth-order valence-electron chi connectivity index (χ4n) is 3.14. The number of carbonyl (C=O) groups is 1. The number of aromatic amines is 1. The highest BCUT2D eigenvalue weighted by Gasteiger charge is 2.17. The number of carbonyl (C=O) groups excluding carboxylic acids is 1. The van der Waals surface area contributed by atoms with Gasteiger partial charge in [0.2, 0.25) is 0 Å². The molecule has 0 amide bonds. The lowest BCUT2D eigenvalue weighted by Gasteiger charge is -2.12. The fraction of sp³-hybridized carbons (Fsp3) is 0.0870. The molecular weight excluding hydrogens is 414 g/mol. The van der Waals surface area contributed by atoms with Gasteiger partial charge in [-0.3, -0.25) is 14.9 Å². The number of para-hydroxylation sites is 1. The minimum atomic E-state index is -0.764. The van der Waals surface area contributed by atoms with Gasteiger partial charge in [0, 0.05) is 17.7 Å². The Morgan fingerprint density at radius 3 is 2.66 bits per heavy atom. The molecule has 0 bridgehead atoms. The van der Waals surface area contributed by atoms with Crippen LogP contribution in [-0.2, 0) is 0 Å². The molecular formula is C23H17N3O6. The minimum absolute atomic E-state index is 0.0336. The highest BCUT2D eigenvalue weighted by atomic mass is 16.6. The highest BCUT2D eigenvalue weighted by molar-refractivity contribution is 5.92. The summed E-state index contributed by atoms with van der Waals surface area (Å²) in [6, 6.07) is 17.0. The Hall–Kier alpha value is -4.53. The molecule has 0 radical (unpaired) electrons. The number of nitrogens with one attached hydrogen (secondary N) is 1. The van der Waals surface area contributed by atoms with E-state index in [1.807, 2.05) is 0 Å². The van der Waals surface area contributed by atoms with E-state index in [0.717, 1.165) is 6.07 Å². The molecule has 0 saturated heterocycles. The van der Waals surface area contributed by atoms with Crippen molar-refractivity contribution in [3.05, 3.63) is 92.8 Å². The largest absolute Gasteiger partial charge is 0.490 e. The molecule has 0 atom stereocenters. The summed E-state index contributed by atoms with van der Waals surface area (Å²) in [6.07, 6.45) is 0. The molecule has 9 heteroatoms. The molecule has 0 fully saturated rings. The average Bonchev–Trinajstić information content (AvgIpc) is 2.80. The molecule has 1 heterocycles. The maximum absolute atomic E-state index is 12.5. The third-order valence-electron chi connectivity index (χ3n) is 4.63. The van der Waals surface area contributed by atoms with Gasteiger partial charge in [-0.15, -0.1) is 0 Å². The standard InChI is InChI=1S/C23H17N3O6/c1-2-31-20-13-14(21-24-18-9-4-3-8-17(18)22(27)25-21)10-11-19(20)32-23(28)15-6-5-7-16(12-15)26(29)30/h3-13H,2H2,1H3,(H,24,25,27). The van der Waals surface area contributed by atoms with Crippen LogP contribution in [0.15, 0.2) is 71.5 Å². The van der Waals surface area contributed by atoms with Gasteiger partial charge in [0.15, 0.2) is 11.5 Å². The van der Waals surface area contributed by atoms with E-state index in [2.05, 4.69) is 9.97 Å². The number of rotatable bonds is 6. The van der Waals surface area contributed by atoms with Crippen molar-refractivity contribution < 1.29 is 19.2 Å². The maximum atomic E-state index is 12.5. The summed E-state index contributed by atoms with van der Waals surface area (Å²) in [5, 5.41) is 11.4. The number of hydrogen-bond donors (Lipinski definition) is 1. The Kier molecular flexibility index (Phi) is 5.63. The van der Waals surface area contributed by atoms with Crippen molar-refractivity contribution in [2.45, 2.75) is 6.92 Å². The van der Waals surface area contributed by atoms with Crippen LogP contribution >= 0.6 is 0 Å². The van der Waals surface area contributed by atoms with Gasteiger partial charge in [0.1, 0.15) is 5.82 Å². The van der Waals surface area contributed by atoms with Gasteiger partial charge in [-0.1, -0.05) is 18.2 Å². The Morgan fingerprint density at radius 1 is 1.06 bits per heavy atom. The van der Waals surface area contributed by atoms with E-state index < -0.39 is 10.9 Å². The molecule has 1 N–H and O–H groups in total. The second-order valence-corrected chi connectivity index (χ2v) is 6.72. The Balaban J connectivity index is 1.68. The zero-order valence-corrected chi connectivity index (χ0v) is 16.9. The summed E-state index contributed by atoms with van der Waals surface area (Å²) in [5.41, 5.74) is 0.652. The van der Waals surface area contributed by atoms with Crippen LogP contribution in [0.4, 0.5) is 5.69 Å². The molecule has 0 aliphatic heterocycles. The zero-order chi connectivity index (χ0) is 22.7. The Bertz CT molecular complexity index is 1400. The predicted octanol–water partition coefficient (Wildman–Crippen LogP) is 4.12. The van der Waals surface area contributed by atoms with Crippen molar-refractivity contribution in [1.29, 1.82) is 0 Å². The van der Waals surface area contributed by atoms with Crippen molar-refractivity contribution in [1.82, 2.24) is 9.97 Å². The molecule has 0 saturated carbocycles. The average molecular weight is 431 g/mol. The molecule has 3 aromatic carbocycles. The summed E-state index contributed by atoms with van der Waals surface area (Å²) in [5.74, 6) is -0.0271. The lowest BCUT2D eigenvalue weighted by Crippen LogP contribution is -2.11. The topological polar surface area (TPSA) is 124 Å². The number of non-ortho nitro benzene ring substituents is 1. The SMILES string of the molecule is CCOc1cc(-c2nc3ccccc3c(=O)[nH]2)ccc1OC(=O)c1cccc([N+](=O)[O-])c1. The van der Waals surface area contributed by atoms with Crippen LogP contribution in [-0.4, -0.2) is 27.5 Å². The first-order chi connectivity index (χ1) is 15.5. The van der Waals surface area contributed by atoms with Crippen LogP contribution < -0.4 is 15.0 Å². The normalized spacial score (nSPS) is 10.7. The molecule has 1 aromatic heterocycles. The second-order valence-electron chi connectivity index (χ2n) is 6.72. The van der Waals surface area contributed by atoms with Gasteiger partial charge in [0.05, 0.1) is 28.0 Å². The predicted molar refractivity (Wildman–Crippen MR) is 117 cm³/mol. The molecule has 0 spiro atoms. The summed E-state index contributed by atoms with van der Waals surface area (Å²) < 4.78 is 11.0. The van der Waals surface area contributed by atoms with Crippen LogP contribution in [0.3, 0.4) is 0 Å². The summed E-state index contributed by atoms with van der Waals surface area (Å²) >= 11 is 0. The lowest BCUT2D eigenvalue weighted by molar-refractivity contribution is -0.384. The third-order valence-corrected chi connectivity index (χ3v) is 4.63. The Morgan fingerprint density at radius 2 is 1.88 bits per heavy atom. The van der Waals surface area contributed by atoms with Crippen LogP contribution in [0.1, 0.15) is 17.3 Å². The first-order valence-corrected chi connectivity index (χ1v) is 9.69. The number of H-pyrrole nitrogens is 1. The fourth-order valence-corrected chi connectivity index (χ4v) is 3.14. The number of esters is 1. The smallest absolute Gasteiger partial charge is 0.343 e. The number of nitro benzene ring substituents is 1. The first kappa shape index (κ1) is 20.7. The second kappa shape index (κ2) is 8.68. The van der Waals surface area contributed by atoms with Gasteiger partial charge >= 0.3 is 5.97 Å². The van der Waals surface area contributed by atoms with Gasteiger partial charge in [-0.2, -0.15) is 0 Å². The quantitative estimate of drug-likeness (QED) is 0.211. The molecule has 4 rings (SSSR count). The van der Waals surface area contributed by atoms with Crippen molar-refractivity contribution in [3.8, 4) is 22.9 Å². The van der Waals surface area contributed by atoms with E-state index in [1.54, 1.807) is 43.3 Å². The molecule has 0 aliphatic rings. The third kappa shape index (κ3) is 4.17. The van der Waals surface area contributed by atoms with E-state index in [1.165, 1.54) is 24.3 Å². The monoisotopic (exact) mass is 431 g/mol. The summed E-state index contributed by atoms with van der Waals surface area (Å²) in [4.78, 5) is 42.5.